The second-order valence-corrected chi connectivity index (χ2v) is 7.62. The van der Waals surface area contributed by atoms with Crippen LogP contribution in [0, 0.1) is 0 Å². The van der Waals surface area contributed by atoms with Crippen LogP contribution >= 0.6 is 0 Å². The summed E-state index contributed by atoms with van der Waals surface area (Å²) in [4.78, 5) is 17.7. The minimum atomic E-state index is -0.350. The first-order valence-electron chi connectivity index (χ1n) is 9.28. The lowest BCUT2D eigenvalue weighted by Gasteiger charge is -2.16. The van der Waals surface area contributed by atoms with Crippen molar-refractivity contribution in [1.29, 1.82) is 0 Å². The van der Waals surface area contributed by atoms with Gasteiger partial charge in [0.2, 0.25) is 0 Å². The van der Waals surface area contributed by atoms with Crippen LogP contribution in [0.15, 0.2) is 58.5 Å². The van der Waals surface area contributed by atoms with Crippen molar-refractivity contribution in [2.24, 2.45) is 12.2 Å². The van der Waals surface area contributed by atoms with Crippen LogP contribution in [-0.2, 0) is 18.5 Å². The minimum absolute atomic E-state index is 0.275. The molecule has 0 N–H and O–H groups in total. The summed E-state index contributed by atoms with van der Waals surface area (Å²) in [5, 5.41) is 11.9. The van der Waals surface area contributed by atoms with Crippen LogP contribution in [0.4, 0.5) is 0 Å². The van der Waals surface area contributed by atoms with E-state index in [9.17, 15) is 4.79 Å². The van der Waals surface area contributed by atoms with Crippen LogP contribution < -0.4 is 10.4 Å². The molecule has 0 saturated carbocycles. The van der Waals surface area contributed by atoms with Crippen LogP contribution in [-0.4, -0.2) is 31.1 Å². The van der Waals surface area contributed by atoms with Gasteiger partial charge in [-0.05, 0) is 56.3 Å². The number of rotatable bonds is 6. The highest BCUT2D eigenvalue weighted by Gasteiger charge is 2.12. The maximum Gasteiger partial charge on any atom is 0.368 e. The zero-order valence-corrected chi connectivity index (χ0v) is 17.3. The van der Waals surface area contributed by atoms with Crippen molar-refractivity contribution in [2.75, 3.05) is 0 Å². The third-order valence-corrected chi connectivity index (χ3v) is 4.04. The number of tetrazole rings is 1. The van der Waals surface area contributed by atoms with Gasteiger partial charge in [0.15, 0.2) is 0 Å². The van der Waals surface area contributed by atoms with Crippen LogP contribution in [0.2, 0.25) is 0 Å². The number of nitrogens with zero attached hydrogens (tertiary/aromatic N) is 5. The average molecular weight is 395 g/mol. The number of hydrogen-bond donors (Lipinski definition) is 0. The van der Waals surface area contributed by atoms with Crippen molar-refractivity contribution in [1.82, 2.24) is 19.8 Å². The maximum atomic E-state index is 12.2. The fourth-order valence-corrected chi connectivity index (χ4v) is 2.53. The number of para-hydroxylation sites is 1. The van der Waals surface area contributed by atoms with E-state index in [1.807, 2.05) is 76.2 Å². The smallest absolute Gasteiger partial charge is 0.368 e. The Labute approximate surface area is 169 Å². The SMILES string of the molecule is C/C(=N\OC(C)(C)C)c1cccc(OCc2ccccc2-n2nnn(C)c2=O)c1. The molecular weight excluding hydrogens is 370 g/mol. The standard InChI is InChI=1S/C21H25N5O3/c1-15(22-29-21(2,3)4)16-10-8-11-18(13-16)28-14-17-9-6-7-12-19(17)26-20(27)25(5)23-24-26/h6-13H,14H2,1-5H3/b22-15+. The number of benzene rings is 2. The van der Waals surface area contributed by atoms with Crippen molar-refractivity contribution in [3.8, 4) is 11.4 Å². The van der Waals surface area contributed by atoms with Crippen LogP contribution in [0.1, 0.15) is 38.8 Å². The molecule has 29 heavy (non-hydrogen) atoms. The minimum Gasteiger partial charge on any atom is -0.489 e. The molecule has 2 aromatic carbocycles. The lowest BCUT2D eigenvalue weighted by Crippen LogP contribution is -2.23. The molecule has 0 fully saturated rings. The molecule has 0 unspecified atom stereocenters. The maximum absolute atomic E-state index is 12.2. The molecular formula is C21H25N5O3. The lowest BCUT2D eigenvalue weighted by molar-refractivity contribution is 0.000954. The van der Waals surface area contributed by atoms with E-state index in [0.29, 0.717) is 11.4 Å². The molecule has 0 spiro atoms. The molecule has 8 nitrogen and oxygen atoms in total. The van der Waals surface area contributed by atoms with E-state index in [0.717, 1.165) is 16.8 Å². The van der Waals surface area contributed by atoms with Crippen LogP contribution in [0.3, 0.4) is 0 Å². The highest BCUT2D eigenvalue weighted by molar-refractivity contribution is 5.98. The van der Waals surface area contributed by atoms with Gasteiger partial charge < -0.3 is 9.57 Å². The molecule has 0 atom stereocenters. The van der Waals surface area contributed by atoms with Gasteiger partial charge >= 0.3 is 5.69 Å². The van der Waals surface area contributed by atoms with Gasteiger partial charge in [0.05, 0.1) is 11.4 Å². The first-order chi connectivity index (χ1) is 13.7. The first-order valence-corrected chi connectivity index (χ1v) is 9.28. The number of ether oxygens (including phenoxy) is 1. The molecule has 1 heterocycles. The number of oxime groups is 1. The van der Waals surface area contributed by atoms with Gasteiger partial charge in [0.1, 0.15) is 18.0 Å². The largest absolute Gasteiger partial charge is 0.489 e. The Morgan fingerprint density at radius 1 is 1.10 bits per heavy atom. The summed E-state index contributed by atoms with van der Waals surface area (Å²) >= 11 is 0. The van der Waals surface area contributed by atoms with Gasteiger partial charge in [-0.15, -0.1) is 0 Å². The molecule has 1 aromatic heterocycles. The molecule has 0 bridgehead atoms. The predicted octanol–water partition coefficient (Wildman–Crippen LogP) is 3.08. The van der Waals surface area contributed by atoms with E-state index in [2.05, 4.69) is 15.6 Å². The van der Waals surface area contributed by atoms with E-state index < -0.39 is 0 Å². The Hall–Kier alpha value is -3.42. The van der Waals surface area contributed by atoms with Gasteiger partial charge in [-0.25, -0.2) is 4.79 Å². The summed E-state index contributed by atoms with van der Waals surface area (Å²) in [6, 6.07) is 15.1. The van der Waals surface area contributed by atoms with Crippen molar-refractivity contribution in [3.63, 3.8) is 0 Å². The molecule has 8 heteroatoms. The molecule has 0 saturated heterocycles. The van der Waals surface area contributed by atoms with E-state index in [-0.39, 0.29) is 17.9 Å². The Morgan fingerprint density at radius 2 is 1.86 bits per heavy atom. The summed E-state index contributed by atoms with van der Waals surface area (Å²) in [7, 11) is 1.56. The molecule has 0 aliphatic rings. The Morgan fingerprint density at radius 3 is 2.55 bits per heavy atom. The summed E-state index contributed by atoms with van der Waals surface area (Å²) in [6.45, 7) is 8.01. The van der Waals surface area contributed by atoms with Gasteiger partial charge in [-0.2, -0.15) is 9.36 Å². The van der Waals surface area contributed by atoms with Gasteiger partial charge in [0.25, 0.3) is 0 Å². The van der Waals surface area contributed by atoms with E-state index in [1.165, 1.54) is 9.36 Å². The Bertz CT molecular complexity index is 1080. The highest BCUT2D eigenvalue weighted by atomic mass is 16.6. The second-order valence-electron chi connectivity index (χ2n) is 7.62. The summed E-state index contributed by atoms with van der Waals surface area (Å²) in [6.07, 6.45) is 0. The molecule has 3 rings (SSSR count). The molecule has 0 amide bonds. The fraction of sp³-hybridized carbons (Fsp3) is 0.333. The monoisotopic (exact) mass is 395 g/mol. The zero-order valence-electron chi connectivity index (χ0n) is 17.3. The van der Waals surface area contributed by atoms with Crippen LogP contribution in [0.25, 0.3) is 5.69 Å². The lowest BCUT2D eigenvalue weighted by atomic mass is 10.1. The van der Waals surface area contributed by atoms with Gasteiger partial charge in [-0.1, -0.05) is 35.5 Å². The predicted molar refractivity (Wildman–Crippen MR) is 110 cm³/mol. The van der Waals surface area contributed by atoms with E-state index in [1.54, 1.807) is 7.05 Å². The molecule has 0 radical (unpaired) electrons. The Kier molecular flexibility index (Phi) is 5.81. The van der Waals surface area contributed by atoms with Gasteiger partial charge in [0, 0.05) is 18.2 Å². The van der Waals surface area contributed by atoms with Crippen molar-refractivity contribution >= 4 is 5.71 Å². The summed E-state index contributed by atoms with van der Waals surface area (Å²) in [5.41, 5.74) is 2.46. The van der Waals surface area contributed by atoms with E-state index in [4.69, 9.17) is 9.57 Å². The molecule has 152 valence electrons. The molecule has 3 aromatic rings. The molecule has 0 aliphatic carbocycles. The summed E-state index contributed by atoms with van der Waals surface area (Å²) < 4.78 is 8.41. The van der Waals surface area contributed by atoms with Crippen molar-refractivity contribution in [2.45, 2.75) is 39.9 Å². The first kappa shape index (κ1) is 20.3. The second kappa shape index (κ2) is 8.30. The average Bonchev–Trinajstić information content (AvgIpc) is 3.03. The third-order valence-electron chi connectivity index (χ3n) is 4.04. The zero-order chi connectivity index (χ0) is 21.0. The van der Waals surface area contributed by atoms with Crippen molar-refractivity contribution < 1.29 is 9.57 Å². The number of aryl methyl sites for hydroxylation is 1. The quantitative estimate of drug-likeness (QED) is 0.473. The number of aromatic nitrogens is 4. The molecule has 0 aliphatic heterocycles. The third kappa shape index (κ3) is 5.10. The fourth-order valence-electron chi connectivity index (χ4n) is 2.53. The number of hydrogen-bond acceptors (Lipinski definition) is 6. The Balaban J connectivity index is 1.78. The van der Waals surface area contributed by atoms with Crippen LogP contribution in [0.5, 0.6) is 5.75 Å². The highest BCUT2D eigenvalue weighted by Crippen LogP contribution is 2.19. The topological polar surface area (TPSA) is 83.5 Å². The van der Waals surface area contributed by atoms with E-state index >= 15 is 0 Å². The normalized spacial score (nSPS) is 12.1. The van der Waals surface area contributed by atoms with Gasteiger partial charge in [-0.3, -0.25) is 0 Å². The van der Waals surface area contributed by atoms with Crippen molar-refractivity contribution in [3.05, 3.63) is 70.1 Å². The summed E-state index contributed by atoms with van der Waals surface area (Å²) in [5.74, 6) is 0.689.